The summed E-state index contributed by atoms with van der Waals surface area (Å²) in [5, 5.41) is 5.71. The second-order valence-electron chi connectivity index (χ2n) is 5.89. The standard InChI is InChI=1S/C15H11F6N5O2S/c1-6-3-8(14(16,17)18)25(24-6)5-7-4-9(27)26-10(12(28)22-2)11(15(19,20)21)29-13(26)23-7/h3-4H,5H2,1-2H3,(H,22,28). The third-order valence-electron chi connectivity index (χ3n) is 3.78. The van der Waals surface area contributed by atoms with Crippen molar-refractivity contribution in [3.05, 3.63) is 50.1 Å². The van der Waals surface area contributed by atoms with Crippen LogP contribution in [0.25, 0.3) is 4.96 Å². The van der Waals surface area contributed by atoms with Gasteiger partial charge < -0.3 is 5.32 Å². The third kappa shape index (κ3) is 3.83. The average molecular weight is 439 g/mol. The van der Waals surface area contributed by atoms with Crippen LogP contribution in [-0.2, 0) is 18.9 Å². The minimum absolute atomic E-state index is 0.0425. The van der Waals surface area contributed by atoms with E-state index in [0.29, 0.717) is 9.08 Å². The zero-order valence-electron chi connectivity index (χ0n) is 14.6. The summed E-state index contributed by atoms with van der Waals surface area (Å²) in [6, 6.07) is 1.56. The van der Waals surface area contributed by atoms with Crippen LogP contribution in [0.15, 0.2) is 16.9 Å². The second-order valence-corrected chi connectivity index (χ2v) is 6.86. The number of aryl methyl sites for hydroxylation is 1. The van der Waals surface area contributed by atoms with Gasteiger partial charge in [0.1, 0.15) is 16.3 Å². The van der Waals surface area contributed by atoms with E-state index in [9.17, 15) is 35.9 Å². The van der Waals surface area contributed by atoms with E-state index in [4.69, 9.17) is 0 Å². The van der Waals surface area contributed by atoms with Crippen molar-refractivity contribution in [2.24, 2.45) is 0 Å². The summed E-state index contributed by atoms with van der Waals surface area (Å²) in [5.74, 6) is -1.15. The maximum Gasteiger partial charge on any atom is 0.433 e. The fourth-order valence-electron chi connectivity index (χ4n) is 2.67. The summed E-state index contributed by atoms with van der Waals surface area (Å²) in [6.45, 7) is 0.741. The van der Waals surface area contributed by atoms with E-state index < -0.39 is 51.6 Å². The van der Waals surface area contributed by atoms with E-state index in [1.54, 1.807) is 0 Å². The fraction of sp³-hybridized carbons (Fsp3) is 0.333. The van der Waals surface area contributed by atoms with Gasteiger partial charge in [-0.1, -0.05) is 11.3 Å². The minimum atomic E-state index is -4.94. The molecule has 0 saturated carbocycles. The van der Waals surface area contributed by atoms with Crippen LogP contribution in [0.4, 0.5) is 26.3 Å². The Morgan fingerprint density at radius 3 is 2.38 bits per heavy atom. The van der Waals surface area contributed by atoms with Gasteiger partial charge >= 0.3 is 12.4 Å². The molecule has 0 radical (unpaired) electrons. The molecule has 0 aromatic carbocycles. The molecule has 29 heavy (non-hydrogen) atoms. The van der Waals surface area contributed by atoms with E-state index >= 15 is 0 Å². The first-order valence-corrected chi connectivity index (χ1v) is 8.61. The van der Waals surface area contributed by atoms with Crippen molar-refractivity contribution in [3.63, 3.8) is 0 Å². The van der Waals surface area contributed by atoms with Gasteiger partial charge in [-0.25, -0.2) is 9.38 Å². The monoisotopic (exact) mass is 439 g/mol. The van der Waals surface area contributed by atoms with Crippen LogP contribution >= 0.6 is 11.3 Å². The van der Waals surface area contributed by atoms with Gasteiger partial charge in [0.2, 0.25) is 0 Å². The number of fused-ring (bicyclic) bond motifs is 1. The van der Waals surface area contributed by atoms with Crippen LogP contribution in [0.5, 0.6) is 0 Å². The number of thiazole rings is 1. The summed E-state index contributed by atoms with van der Waals surface area (Å²) < 4.78 is 80.2. The lowest BCUT2D eigenvalue weighted by Gasteiger charge is -2.10. The number of hydrogen-bond acceptors (Lipinski definition) is 5. The van der Waals surface area contributed by atoms with Crippen molar-refractivity contribution in [2.75, 3.05) is 7.05 Å². The normalized spacial score (nSPS) is 12.6. The predicted molar refractivity (Wildman–Crippen MR) is 88.8 cm³/mol. The molecule has 0 aliphatic rings. The molecule has 1 amide bonds. The fourth-order valence-corrected chi connectivity index (χ4v) is 3.68. The van der Waals surface area contributed by atoms with Crippen molar-refractivity contribution < 1.29 is 31.1 Å². The second kappa shape index (κ2) is 6.86. The molecule has 7 nitrogen and oxygen atoms in total. The molecule has 156 valence electrons. The van der Waals surface area contributed by atoms with Crippen molar-refractivity contribution in [2.45, 2.75) is 25.8 Å². The van der Waals surface area contributed by atoms with Gasteiger partial charge in [0.05, 0.1) is 17.9 Å². The largest absolute Gasteiger partial charge is 0.433 e. The van der Waals surface area contributed by atoms with Crippen LogP contribution in [-0.4, -0.2) is 32.1 Å². The van der Waals surface area contributed by atoms with Crippen molar-refractivity contribution in [3.8, 4) is 0 Å². The first-order valence-electron chi connectivity index (χ1n) is 7.79. The molecule has 0 unspecified atom stereocenters. The number of nitrogens with one attached hydrogen (secondary N) is 1. The lowest BCUT2D eigenvalue weighted by molar-refractivity contribution is -0.144. The molecule has 3 rings (SSSR count). The molecule has 0 saturated heterocycles. The van der Waals surface area contributed by atoms with Gasteiger partial charge in [0.25, 0.3) is 11.5 Å². The molecule has 14 heteroatoms. The molecule has 0 spiro atoms. The topological polar surface area (TPSA) is 81.3 Å². The van der Waals surface area contributed by atoms with E-state index in [-0.39, 0.29) is 22.7 Å². The summed E-state index contributed by atoms with van der Waals surface area (Å²) in [4.78, 5) is 26.3. The maximum atomic E-state index is 13.3. The molecule has 3 aromatic heterocycles. The number of nitrogens with zero attached hydrogens (tertiary/aromatic N) is 4. The number of rotatable bonds is 3. The Bertz CT molecular complexity index is 1160. The van der Waals surface area contributed by atoms with E-state index in [1.807, 2.05) is 5.32 Å². The highest BCUT2D eigenvalue weighted by molar-refractivity contribution is 7.17. The Labute approximate surface area is 161 Å². The van der Waals surface area contributed by atoms with Gasteiger partial charge in [0.15, 0.2) is 4.96 Å². The summed E-state index contributed by atoms with van der Waals surface area (Å²) in [5.41, 5.74) is -3.23. The van der Waals surface area contributed by atoms with Gasteiger partial charge in [-0.05, 0) is 13.0 Å². The summed E-state index contributed by atoms with van der Waals surface area (Å²) in [6.07, 6.45) is -9.66. The van der Waals surface area contributed by atoms with Gasteiger partial charge in [-0.3, -0.25) is 14.3 Å². The molecule has 0 atom stereocenters. The van der Waals surface area contributed by atoms with Crippen molar-refractivity contribution in [1.82, 2.24) is 24.5 Å². The molecule has 0 aliphatic carbocycles. The van der Waals surface area contributed by atoms with Crippen LogP contribution < -0.4 is 10.9 Å². The zero-order valence-corrected chi connectivity index (χ0v) is 15.5. The number of hydrogen-bond donors (Lipinski definition) is 1. The minimum Gasteiger partial charge on any atom is -0.354 e. The Morgan fingerprint density at radius 1 is 1.17 bits per heavy atom. The van der Waals surface area contributed by atoms with Crippen LogP contribution in [0, 0.1) is 6.92 Å². The lowest BCUT2D eigenvalue weighted by atomic mass is 10.3. The molecule has 0 fully saturated rings. The number of alkyl halides is 6. The van der Waals surface area contributed by atoms with Crippen molar-refractivity contribution in [1.29, 1.82) is 0 Å². The van der Waals surface area contributed by atoms with E-state index in [0.717, 1.165) is 19.2 Å². The first kappa shape index (κ1) is 20.8. The number of aromatic nitrogens is 4. The molecule has 0 bridgehead atoms. The molecular weight excluding hydrogens is 428 g/mol. The summed E-state index contributed by atoms with van der Waals surface area (Å²) >= 11 is 0.0425. The van der Waals surface area contributed by atoms with Crippen molar-refractivity contribution >= 4 is 22.2 Å². The number of carbonyl (C=O) groups excluding carboxylic acids is 1. The molecule has 0 aliphatic heterocycles. The number of amides is 1. The van der Waals surface area contributed by atoms with Gasteiger partial charge in [-0.2, -0.15) is 31.4 Å². The third-order valence-corrected chi connectivity index (χ3v) is 4.86. The Kier molecular flexibility index (Phi) is 4.93. The Morgan fingerprint density at radius 2 is 1.83 bits per heavy atom. The average Bonchev–Trinajstić information content (AvgIpc) is 3.14. The molecule has 3 heterocycles. The highest BCUT2D eigenvalue weighted by atomic mass is 32.1. The quantitative estimate of drug-likeness (QED) is 0.637. The molecule has 3 aromatic rings. The van der Waals surface area contributed by atoms with Gasteiger partial charge in [0, 0.05) is 13.1 Å². The first-order chi connectivity index (χ1) is 13.3. The SMILES string of the molecule is CNC(=O)c1c(C(F)(F)F)sc2nc(Cn3nc(C)cc3C(F)(F)F)cc(=O)n12. The smallest absolute Gasteiger partial charge is 0.354 e. The molecule has 1 N–H and O–H groups in total. The van der Waals surface area contributed by atoms with E-state index in [1.165, 1.54) is 6.92 Å². The lowest BCUT2D eigenvalue weighted by Crippen LogP contribution is -2.28. The van der Waals surface area contributed by atoms with Gasteiger partial charge in [-0.15, -0.1) is 0 Å². The molecular formula is C15H11F6N5O2S. The maximum absolute atomic E-state index is 13.3. The Balaban J connectivity index is 2.17. The van der Waals surface area contributed by atoms with Crippen LogP contribution in [0.2, 0.25) is 0 Å². The number of halogens is 6. The summed E-state index contributed by atoms with van der Waals surface area (Å²) in [7, 11) is 1.09. The van der Waals surface area contributed by atoms with E-state index in [2.05, 4.69) is 10.1 Å². The predicted octanol–water partition coefficient (Wildman–Crippen LogP) is 2.71. The van der Waals surface area contributed by atoms with Crippen LogP contribution in [0.1, 0.15) is 32.4 Å². The Hall–Kier alpha value is -2.90. The highest BCUT2D eigenvalue weighted by Gasteiger charge is 2.40. The number of carbonyl (C=O) groups is 1. The zero-order chi connectivity index (χ0) is 21.7. The van der Waals surface area contributed by atoms with Crippen LogP contribution in [0.3, 0.4) is 0 Å². The highest BCUT2D eigenvalue weighted by Crippen LogP contribution is 2.37.